The first kappa shape index (κ1) is 49.0. The van der Waals surface area contributed by atoms with Gasteiger partial charge >= 0.3 is 18.1 Å². The average molecular weight is 842 g/mol. The summed E-state index contributed by atoms with van der Waals surface area (Å²) in [6.45, 7) is 2.14. The van der Waals surface area contributed by atoms with E-state index < -0.39 is 47.7 Å². The number of nitrogens with one attached hydrogen (secondary N) is 7. The number of hydrogen-bond donors (Lipinski definition) is 7. The molecule has 20 nitrogen and oxygen atoms in total. The molecule has 326 valence electrons. The van der Waals surface area contributed by atoms with Crippen LogP contribution in [0.3, 0.4) is 0 Å². The third-order valence-corrected chi connectivity index (χ3v) is 8.37. The van der Waals surface area contributed by atoms with E-state index in [0.29, 0.717) is 63.1 Å². The Morgan fingerprint density at radius 2 is 1.27 bits per heavy atom. The molecule has 1 saturated heterocycles. The molecule has 7 N–H and O–H groups in total. The van der Waals surface area contributed by atoms with Crippen LogP contribution >= 0.6 is 0 Å². The molecular formula is C36H50F3N9O11. The van der Waals surface area contributed by atoms with Crippen LogP contribution in [0.25, 0.3) is 0 Å². The predicted molar refractivity (Wildman–Crippen MR) is 199 cm³/mol. The SMILES string of the molecule is CC(=O)[C@H](CCC(=O)NCCNC(=O)c1ccc(NNC(=O)C(F)(F)F)nc1)NC(=O)CCCCCNC(=O)CCCCCNC(=O)CCC(=O)ON1C(=O)CCC1=O. The molecule has 1 fully saturated rings. The number of pyridine rings is 1. The van der Waals surface area contributed by atoms with Crippen LogP contribution in [0.1, 0.15) is 107 Å². The number of hydrogen-bond acceptors (Lipinski definition) is 13. The summed E-state index contributed by atoms with van der Waals surface area (Å²) in [4.78, 5) is 127. The highest BCUT2D eigenvalue weighted by Gasteiger charge is 2.38. The van der Waals surface area contributed by atoms with Gasteiger partial charge in [-0.15, -0.1) is 5.06 Å². The van der Waals surface area contributed by atoms with Crippen LogP contribution in [0.2, 0.25) is 0 Å². The maximum Gasteiger partial charge on any atom is 0.472 e. The van der Waals surface area contributed by atoms with Gasteiger partial charge in [0.05, 0.1) is 18.0 Å². The molecule has 59 heavy (non-hydrogen) atoms. The first-order valence-electron chi connectivity index (χ1n) is 19.0. The fourth-order valence-corrected chi connectivity index (χ4v) is 5.11. The summed E-state index contributed by atoms with van der Waals surface area (Å²) >= 11 is 0. The number of Topliss-reactive ketones (excluding diaryl/α,β-unsaturated/α-hetero) is 1. The number of amides is 8. The quantitative estimate of drug-likeness (QED) is 0.0362. The number of unbranched alkanes of at least 4 members (excludes halogenated alkanes) is 4. The van der Waals surface area contributed by atoms with Gasteiger partial charge in [-0.1, -0.05) is 12.8 Å². The van der Waals surface area contributed by atoms with E-state index in [1.54, 1.807) is 0 Å². The molecule has 23 heteroatoms. The van der Waals surface area contributed by atoms with Crippen molar-refractivity contribution < 1.29 is 66.0 Å². The van der Waals surface area contributed by atoms with E-state index in [1.807, 2.05) is 5.43 Å². The lowest BCUT2D eigenvalue weighted by atomic mass is 10.1. The number of carbonyl (C=O) groups excluding carboxylic acids is 10. The summed E-state index contributed by atoms with van der Waals surface area (Å²) in [7, 11) is 0. The minimum absolute atomic E-state index is 0.0195. The number of alkyl halides is 3. The summed E-state index contributed by atoms with van der Waals surface area (Å²) in [5.74, 6) is -6.60. The number of halogens is 3. The molecule has 0 spiro atoms. The third-order valence-electron chi connectivity index (χ3n) is 8.37. The number of rotatable bonds is 27. The van der Waals surface area contributed by atoms with E-state index in [0.717, 1.165) is 6.20 Å². The number of hydroxylamine groups is 2. The minimum atomic E-state index is -5.09. The Hall–Kier alpha value is -6.16. The number of nitrogens with zero attached hydrogens (tertiary/aromatic N) is 2. The molecular weight excluding hydrogens is 791 g/mol. The van der Waals surface area contributed by atoms with Gasteiger partial charge < -0.3 is 31.4 Å². The minimum Gasteiger partial charge on any atom is -0.356 e. The molecule has 0 saturated carbocycles. The first-order valence-corrected chi connectivity index (χ1v) is 19.0. The normalized spacial score (nSPS) is 12.8. The Kier molecular flexibility index (Phi) is 21.6. The molecule has 2 heterocycles. The van der Waals surface area contributed by atoms with Crippen molar-refractivity contribution in [2.45, 2.75) is 109 Å². The summed E-state index contributed by atoms with van der Waals surface area (Å²) in [5, 5.41) is 13.6. The summed E-state index contributed by atoms with van der Waals surface area (Å²) < 4.78 is 36.7. The largest absolute Gasteiger partial charge is 0.472 e. The van der Waals surface area contributed by atoms with Crippen LogP contribution in [0.4, 0.5) is 19.0 Å². The zero-order valence-corrected chi connectivity index (χ0v) is 32.6. The van der Waals surface area contributed by atoms with Crippen LogP contribution in [-0.4, -0.2) is 107 Å². The van der Waals surface area contributed by atoms with Crippen molar-refractivity contribution in [2.24, 2.45) is 0 Å². The standard InChI is InChI=1S/C36H50F3N9O11/c1-23(49)25(11-13-28(51)42-20-21-43-34(57)24-10-12-26(44-22-24)46-47-35(58)36(37,38)39)45-30(53)9-5-3-7-18-40-27(50)8-4-2-6-19-41-29(52)14-17-33(56)59-48-31(54)15-16-32(48)55/h10,12,22,25H,2-9,11,13-21H2,1H3,(H,40,50)(H,41,52)(H,42,51)(H,43,57)(H,44,46)(H,45,53)(H,47,58)/t25-/m0/s1. The highest BCUT2D eigenvalue weighted by Crippen LogP contribution is 2.15. The van der Waals surface area contributed by atoms with E-state index in [1.165, 1.54) is 24.5 Å². The number of imide groups is 1. The summed E-state index contributed by atoms with van der Waals surface area (Å²) in [6, 6.07) is 1.56. The van der Waals surface area contributed by atoms with Gasteiger partial charge in [0.2, 0.25) is 23.6 Å². The molecule has 8 amide bonds. The highest BCUT2D eigenvalue weighted by molar-refractivity contribution is 6.01. The predicted octanol–water partition coefficient (Wildman–Crippen LogP) is 0.528. The zero-order chi connectivity index (χ0) is 43.8. The fourth-order valence-electron chi connectivity index (χ4n) is 5.11. The average Bonchev–Trinajstić information content (AvgIpc) is 3.50. The second-order valence-electron chi connectivity index (χ2n) is 13.3. The van der Waals surface area contributed by atoms with Crippen molar-refractivity contribution in [2.75, 3.05) is 31.6 Å². The van der Waals surface area contributed by atoms with Gasteiger partial charge in [-0.2, -0.15) is 13.2 Å². The Morgan fingerprint density at radius 1 is 0.712 bits per heavy atom. The van der Waals surface area contributed by atoms with Crippen molar-refractivity contribution in [3.63, 3.8) is 0 Å². The topological polar surface area (TPSA) is 280 Å². The van der Waals surface area contributed by atoms with Crippen LogP contribution in [-0.2, 0) is 48.0 Å². The van der Waals surface area contributed by atoms with Crippen LogP contribution in [0, 0.1) is 0 Å². The van der Waals surface area contributed by atoms with E-state index in [9.17, 15) is 61.1 Å². The van der Waals surface area contributed by atoms with Crippen LogP contribution in [0.15, 0.2) is 18.3 Å². The van der Waals surface area contributed by atoms with Crippen LogP contribution < -0.4 is 37.4 Å². The van der Waals surface area contributed by atoms with Gasteiger partial charge in [0.1, 0.15) is 5.82 Å². The second kappa shape index (κ2) is 26.0. The van der Waals surface area contributed by atoms with Gasteiger partial charge in [0.25, 0.3) is 17.7 Å². The van der Waals surface area contributed by atoms with Gasteiger partial charge in [0.15, 0.2) is 5.78 Å². The van der Waals surface area contributed by atoms with E-state index in [2.05, 4.69) is 31.6 Å². The molecule has 1 atom stereocenters. The Balaban J connectivity index is 1.46. The smallest absolute Gasteiger partial charge is 0.356 e. The van der Waals surface area contributed by atoms with Gasteiger partial charge in [0, 0.05) is 70.9 Å². The molecule has 1 aromatic heterocycles. The molecule has 1 aliphatic heterocycles. The number of aromatic nitrogens is 1. The summed E-state index contributed by atoms with van der Waals surface area (Å²) in [5.41, 5.74) is 3.46. The van der Waals surface area contributed by atoms with Crippen LogP contribution in [0.5, 0.6) is 0 Å². The number of anilines is 1. The van der Waals surface area contributed by atoms with Crippen molar-refractivity contribution in [3.8, 4) is 0 Å². The van der Waals surface area contributed by atoms with E-state index >= 15 is 0 Å². The number of hydrazine groups is 1. The molecule has 0 unspecified atom stereocenters. The van der Waals surface area contributed by atoms with E-state index in [4.69, 9.17) is 4.84 Å². The highest BCUT2D eigenvalue weighted by atomic mass is 19.4. The maximum atomic E-state index is 12.4. The van der Waals surface area contributed by atoms with E-state index in [-0.39, 0.29) is 92.9 Å². The third kappa shape index (κ3) is 20.7. The molecule has 1 aliphatic rings. The lowest BCUT2D eigenvalue weighted by molar-refractivity contribution is -0.197. The lowest BCUT2D eigenvalue weighted by Gasteiger charge is -2.16. The van der Waals surface area contributed by atoms with Crippen molar-refractivity contribution in [1.29, 1.82) is 0 Å². The Labute approximate surface area is 337 Å². The Bertz CT molecular complexity index is 1640. The number of carbonyl (C=O) groups is 10. The van der Waals surface area contributed by atoms with Gasteiger partial charge in [-0.25, -0.2) is 9.78 Å². The molecule has 1 aromatic rings. The fraction of sp³-hybridized carbons (Fsp3) is 0.583. The zero-order valence-electron chi connectivity index (χ0n) is 32.6. The number of ketones is 1. The maximum absolute atomic E-state index is 12.4. The lowest BCUT2D eigenvalue weighted by Crippen LogP contribution is -2.41. The molecule has 2 rings (SSSR count). The van der Waals surface area contributed by atoms with Crippen molar-refractivity contribution >= 4 is 64.8 Å². The second-order valence-corrected chi connectivity index (χ2v) is 13.3. The van der Waals surface area contributed by atoms with Crippen molar-refractivity contribution in [3.05, 3.63) is 23.9 Å². The molecule has 0 aromatic carbocycles. The van der Waals surface area contributed by atoms with Gasteiger partial charge in [-0.05, 0) is 51.2 Å². The summed E-state index contributed by atoms with van der Waals surface area (Å²) in [6.07, 6.45) is -0.377. The molecule has 0 bridgehead atoms. The van der Waals surface area contributed by atoms with Crippen molar-refractivity contribution in [1.82, 2.24) is 42.1 Å². The first-order chi connectivity index (χ1) is 28.0. The molecule has 0 radical (unpaired) electrons. The monoisotopic (exact) mass is 841 g/mol. The molecule has 0 aliphatic carbocycles. The van der Waals surface area contributed by atoms with Gasteiger partial charge in [-0.3, -0.25) is 54.0 Å². The Morgan fingerprint density at radius 3 is 1.85 bits per heavy atom.